The fourth-order valence-corrected chi connectivity index (χ4v) is 2.08. The Morgan fingerprint density at radius 1 is 1.23 bits per heavy atom. The monoisotopic (exact) mass is 191 g/mol. The van der Waals surface area contributed by atoms with Crippen molar-refractivity contribution in [3.05, 3.63) is 0 Å². The highest BCUT2D eigenvalue weighted by Crippen LogP contribution is 2.26. The van der Waals surface area contributed by atoms with Crippen LogP contribution in [0, 0.1) is 5.92 Å². The van der Waals surface area contributed by atoms with Gasteiger partial charge in [0, 0.05) is 6.04 Å². The molecule has 0 spiro atoms. The van der Waals surface area contributed by atoms with Gasteiger partial charge in [-0.3, -0.25) is 0 Å². The summed E-state index contributed by atoms with van der Waals surface area (Å²) in [5, 5.41) is 2.90. The number of nitrogens with one attached hydrogen (secondary N) is 1. The molecule has 1 fully saturated rings. The van der Waals surface area contributed by atoms with E-state index in [2.05, 4.69) is 5.32 Å². The highest BCUT2D eigenvalue weighted by molar-refractivity contribution is 4.75. The molecule has 0 saturated heterocycles. The van der Waals surface area contributed by atoms with Gasteiger partial charge in [-0.05, 0) is 25.7 Å². The van der Waals surface area contributed by atoms with Crippen LogP contribution in [0.15, 0.2) is 0 Å². The van der Waals surface area contributed by atoms with Gasteiger partial charge in [0.15, 0.2) is 0 Å². The number of hydrogen-bond acceptors (Lipinski definition) is 1. The third-order valence-corrected chi connectivity index (χ3v) is 2.95. The minimum atomic E-state index is -2.22. The lowest BCUT2D eigenvalue weighted by molar-refractivity contribution is 0.134. The van der Waals surface area contributed by atoms with Crippen molar-refractivity contribution in [1.82, 2.24) is 5.32 Å². The molecule has 0 aliphatic heterocycles. The molecular formula is C10H19F2N. The summed E-state index contributed by atoms with van der Waals surface area (Å²) in [5.41, 5.74) is 0. The van der Waals surface area contributed by atoms with Gasteiger partial charge in [-0.2, -0.15) is 0 Å². The molecule has 1 nitrogen and oxygen atoms in total. The van der Waals surface area contributed by atoms with Crippen LogP contribution in [0.3, 0.4) is 0 Å². The van der Waals surface area contributed by atoms with E-state index in [9.17, 15) is 8.78 Å². The van der Waals surface area contributed by atoms with Gasteiger partial charge < -0.3 is 5.32 Å². The molecule has 1 saturated carbocycles. The second kappa shape index (κ2) is 5.53. The maximum Gasteiger partial charge on any atom is 0.250 e. The van der Waals surface area contributed by atoms with Crippen LogP contribution in [0.5, 0.6) is 0 Å². The summed E-state index contributed by atoms with van der Waals surface area (Å²) in [6.07, 6.45) is 4.05. The zero-order valence-electron chi connectivity index (χ0n) is 8.23. The molecule has 0 radical (unpaired) electrons. The van der Waals surface area contributed by atoms with Crippen LogP contribution in [0.4, 0.5) is 8.78 Å². The SMILES string of the molecule is C[C@@H](NCC(F)F)C1CCCCC1. The van der Waals surface area contributed by atoms with Crippen molar-refractivity contribution < 1.29 is 8.78 Å². The normalized spacial score (nSPS) is 22.2. The molecule has 1 N–H and O–H groups in total. The van der Waals surface area contributed by atoms with Crippen molar-refractivity contribution in [2.24, 2.45) is 5.92 Å². The van der Waals surface area contributed by atoms with Crippen LogP contribution in [-0.2, 0) is 0 Å². The Hall–Kier alpha value is -0.180. The Balaban J connectivity index is 2.17. The Morgan fingerprint density at radius 3 is 2.38 bits per heavy atom. The fraction of sp³-hybridized carbons (Fsp3) is 1.00. The largest absolute Gasteiger partial charge is 0.309 e. The summed E-state index contributed by atoms with van der Waals surface area (Å²) >= 11 is 0. The Labute approximate surface area is 78.9 Å². The molecular weight excluding hydrogens is 172 g/mol. The van der Waals surface area contributed by atoms with E-state index in [1.807, 2.05) is 6.92 Å². The van der Waals surface area contributed by atoms with Gasteiger partial charge in [0.2, 0.25) is 0 Å². The molecule has 1 aliphatic carbocycles. The maximum atomic E-state index is 11.9. The minimum absolute atomic E-state index is 0.155. The van der Waals surface area contributed by atoms with Crippen LogP contribution in [0.25, 0.3) is 0 Å². The van der Waals surface area contributed by atoms with Crippen molar-refractivity contribution in [2.75, 3.05) is 6.54 Å². The molecule has 0 aromatic rings. The molecule has 0 bridgehead atoms. The molecule has 13 heavy (non-hydrogen) atoms. The van der Waals surface area contributed by atoms with Crippen molar-refractivity contribution in [3.8, 4) is 0 Å². The van der Waals surface area contributed by atoms with Crippen LogP contribution in [0.2, 0.25) is 0 Å². The van der Waals surface area contributed by atoms with Crippen LogP contribution < -0.4 is 5.32 Å². The van der Waals surface area contributed by atoms with Gasteiger partial charge in [-0.15, -0.1) is 0 Å². The molecule has 1 atom stereocenters. The number of hydrogen-bond donors (Lipinski definition) is 1. The van der Waals surface area contributed by atoms with Crippen LogP contribution in [-0.4, -0.2) is 19.0 Å². The van der Waals surface area contributed by atoms with Crippen molar-refractivity contribution in [1.29, 1.82) is 0 Å². The Bertz CT molecular complexity index is 133. The zero-order chi connectivity index (χ0) is 9.68. The Kier molecular flexibility index (Phi) is 4.64. The lowest BCUT2D eigenvalue weighted by atomic mass is 9.84. The summed E-state index contributed by atoms with van der Waals surface area (Å²) in [6.45, 7) is 1.87. The molecule has 1 aliphatic rings. The average molecular weight is 191 g/mol. The molecule has 0 unspecified atom stereocenters. The van der Waals surface area contributed by atoms with E-state index in [-0.39, 0.29) is 12.6 Å². The van der Waals surface area contributed by atoms with Gasteiger partial charge in [0.1, 0.15) is 0 Å². The van der Waals surface area contributed by atoms with E-state index in [4.69, 9.17) is 0 Å². The highest BCUT2D eigenvalue weighted by atomic mass is 19.3. The number of halogens is 2. The molecule has 0 aromatic heterocycles. The molecule has 78 valence electrons. The van der Waals surface area contributed by atoms with E-state index < -0.39 is 6.43 Å². The van der Waals surface area contributed by atoms with Crippen LogP contribution >= 0.6 is 0 Å². The van der Waals surface area contributed by atoms with Crippen molar-refractivity contribution in [3.63, 3.8) is 0 Å². The molecule has 0 amide bonds. The molecule has 0 aromatic carbocycles. The van der Waals surface area contributed by atoms with Gasteiger partial charge >= 0.3 is 0 Å². The zero-order valence-corrected chi connectivity index (χ0v) is 8.23. The minimum Gasteiger partial charge on any atom is -0.309 e. The first-order chi connectivity index (χ1) is 6.20. The Morgan fingerprint density at radius 2 is 1.85 bits per heavy atom. The summed E-state index contributed by atoms with van der Waals surface area (Å²) in [6, 6.07) is 0.259. The predicted octanol–water partition coefficient (Wildman–Crippen LogP) is 2.81. The van der Waals surface area contributed by atoms with E-state index in [1.54, 1.807) is 0 Å². The predicted molar refractivity (Wildman–Crippen MR) is 50.0 cm³/mol. The lowest BCUT2D eigenvalue weighted by Crippen LogP contribution is -2.37. The second-order valence-electron chi connectivity index (χ2n) is 3.99. The standard InChI is InChI=1S/C10H19F2N/c1-8(13-7-10(11)12)9-5-3-2-4-6-9/h8-10,13H,2-7H2,1H3/t8-/m1/s1. The molecule has 3 heteroatoms. The first-order valence-electron chi connectivity index (χ1n) is 5.21. The van der Waals surface area contributed by atoms with Crippen molar-refractivity contribution >= 4 is 0 Å². The van der Waals surface area contributed by atoms with Gasteiger partial charge in [-0.25, -0.2) is 8.78 Å². The summed E-state index contributed by atoms with van der Waals surface area (Å²) in [5.74, 6) is 0.618. The summed E-state index contributed by atoms with van der Waals surface area (Å²) in [4.78, 5) is 0. The van der Waals surface area contributed by atoms with Gasteiger partial charge in [-0.1, -0.05) is 19.3 Å². The summed E-state index contributed by atoms with van der Waals surface area (Å²) < 4.78 is 23.8. The molecule has 1 rings (SSSR count). The average Bonchev–Trinajstić information content (AvgIpc) is 2.15. The van der Waals surface area contributed by atoms with Gasteiger partial charge in [0.25, 0.3) is 6.43 Å². The number of alkyl halides is 2. The second-order valence-corrected chi connectivity index (χ2v) is 3.99. The van der Waals surface area contributed by atoms with E-state index in [0.29, 0.717) is 5.92 Å². The number of rotatable bonds is 4. The van der Waals surface area contributed by atoms with E-state index in [0.717, 1.165) is 0 Å². The van der Waals surface area contributed by atoms with Gasteiger partial charge in [0.05, 0.1) is 6.54 Å². The van der Waals surface area contributed by atoms with E-state index >= 15 is 0 Å². The van der Waals surface area contributed by atoms with Crippen LogP contribution in [0.1, 0.15) is 39.0 Å². The maximum absolute atomic E-state index is 11.9. The lowest BCUT2D eigenvalue weighted by Gasteiger charge is -2.28. The molecule has 0 heterocycles. The third-order valence-electron chi connectivity index (χ3n) is 2.95. The fourth-order valence-electron chi connectivity index (χ4n) is 2.08. The summed E-state index contributed by atoms with van der Waals surface area (Å²) in [7, 11) is 0. The van der Waals surface area contributed by atoms with E-state index in [1.165, 1.54) is 32.1 Å². The van der Waals surface area contributed by atoms with Crippen molar-refractivity contribution in [2.45, 2.75) is 51.5 Å². The quantitative estimate of drug-likeness (QED) is 0.720. The first-order valence-corrected chi connectivity index (χ1v) is 5.21. The smallest absolute Gasteiger partial charge is 0.250 e. The third kappa shape index (κ3) is 4.03. The topological polar surface area (TPSA) is 12.0 Å². The first kappa shape index (κ1) is 10.9. The highest BCUT2D eigenvalue weighted by Gasteiger charge is 2.20.